The van der Waals surface area contributed by atoms with Crippen molar-refractivity contribution >= 4 is 16.7 Å². The van der Waals surface area contributed by atoms with Crippen molar-refractivity contribution in [1.29, 1.82) is 0 Å². The third kappa shape index (κ3) is 11.4. The summed E-state index contributed by atoms with van der Waals surface area (Å²) >= 11 is 0. The molecule has 0 N–H and O–H groups in total. The Morgan fingerprint density at radius 3 is 1.75 bits per heavy atom. The second kappa shape index (κ2) is 17.7. The second-order valence-corrected chi connectivity index (χ2v) is 12.4. The molecule has 0 saturated heterocycles. The van der Waals surface area contributed by atoms with E-state index in [2.05, 4.69) is 38.1 Å². The Morgan fingerprint density at radius 2 is 1.22 bits per heavy atom. The van der Waals surface area contributed by atoms with Gasteiger partial charge in [0.25, 0.3) is 0 Å². The summed E-state index contributed by atoms with van der Waals surface area (Å²) < 4.78 is 0. The van der Waals surface area contributed by atoms with Gasteiger partial charge < -0.3 is 0 Å². The number of ketones is 1. The molecule has 1 fully saturated rings. The molecular weight excluding hydrogens is 408 g/mol. The molecule has 1 aliphatic carbocycles. The fraction of sp³-hybridized carbons (Fsp3) is 0.767. The Labute approximate surface area is 202 Å². The standard InChI is InChI=1S/C30H51OS/c1-3-5-7-9-11-16-24-32(25-17-12-10-8-6-4-2)26-30(31)29-22-20-28(21-23-29)27-18-14-13-15-19-27/h20-23,27H,3-19,24-26H2,1-2H3/q+1. The Morgan fingerprint density at radius 1 is 0.719 bits per heavy atom. The van der Waals surface area contributed by atoms with Crippen LogP contribution in [0.15, 0.2) is 24.3 Å². The van der Waals surface area contributed by atoms with Crippen molar-refractivity contribution in [1.82, 2.24) is 0 Å². The van der Waals surface area contributed by atoms with Gasteiger partial charge in [0.15, 0.2) is 5.75 Å². The largest absolute Gasteiger partial charge is 0.289 e. The summed E-state index contributed by atoms with van der Waals surface area (Å²) in [6.45, 7) is 4.57. The molecule has 0 radical (unpaired) electrons. The minimum absolute atomic E-state index is 0.271. The fourth-order valence-electron chi connectivity index (χ4n) is 5.07. The van der Waals surface area contributed by atoms with Gasteiger partial charge in [-0.25, -0.2) is 0 Å². The van der Waals surface area contributed by atoms with Crippen molar-refractivity contribution in [2.24, 2.45) is 0 Å². The van der Waals surface area contributed by atoms with E-state index in [0.717, 1.165) is 17.2 Å². The molecule has 0 unspecified atom stereocenters. The van der Waals surface area contributed by atoms with Crippen LogP contribution in [0.25, 0.3) is 0 Å². The average molecular weight is 460 g/mol. The first kappa shape index (κ1) is 27.5. The van der Waals surface area contributed by atoms with E-state index in [1.54, 1.807) is 0 Å². The van der Waals surface area contributed by atoms with Gasteiger partial charge in [-0.1, -0.05) is 109 Å². The van der Waals surface area contributed by atoms with Gasteiger partial charge in [0, 0.05) is 5.56 Å². The van der Waals surface area contributed by atoms with E-state index in [-0.39, 0.29) is 10.9 Å². The van der Waals surface area contributed by atoms with Crippen LogP contribution in [-0.2, 0) is 10.9 Å². The zero-order chi connectivity index (χ0) is 22.9. The summed E-state index contributed by atoms with van der Waals surface area (Å²) in [4.78, 5) is 13.1. The van der Waals surface area contributed by atoms with E-state index in [9.17, 15) is 4.79 Å². The number of rotatable bonds is 18. The zero-order valence-corrected chi connectivity index (χ0v) is 22.2. The molecule has 1 nitrogen and oxygen atoms in total. The van der Waals surface area contributed by atoms with Crippen LogP contribution >= 0.6 is 0 Å². The predicted molar refractivity (Wildman–Crippen MR) is 145 cm³/mol. The van der Waals surface area contributed by atoms with Gasteiger partial charge in [-0.05, 0) is 60.9 Å². The Balaban J connectivity index is 1.81. The smallest absolute Gasteiger partial charge is 0.211 e. The van der Waals surface area contributed by atoms with Crippen molar-refractivity contribution in [2.75, 3.05) is 17.3 Å². The molecule has 1 aliphatic rings. The molecule has 2 heteroatoms. The lowest BCUT2D eigenvalue weighted by Gasteiger charge is -2.22. The molecule has 0 bridgehead atoms. The van der Waals surface area contributed by atoms with E-state index >= 15 is 0 Å². The first-order valence-corrected chi connectivity index (χ1v) is 15.7. The Bertz CT molecular complexity index is 571. The number of Topliss-reactive ketones (excluding diaryl/α,β-unsaturated/α-hetero) is 1. The van der Waals surface area contributed by atoms with Crippen LogP contribution in [-0.4, -0.2) is 23.0 Å². The molecule has 1 saturated carbocycles. The van der Waals surface area contributed by atoms with E-state index in [0.29, 0.717) is 5.78 Å². The number of carbonyl (C=O) groups excluding carboxylic acids is 1. The highest BCUT2D eigenvalue weighted by molar-refractivity contribution is 7.97. The normalized spacial score (nSPS) is 14.8. The summed E-state index contributed by atoms with van der Waals surface area (Å²) in [6.07, 6.45) is 23.0. The third-order valence-corrected chi connectivity index (χ3v) is 9.62. The van der Waals surface area contributed by atoms with Crippen LogP contribution in [0.5, 0.6) is 0 Å². The summed E-state index contributed by atoms with van der Waals surface area (Å²) in [5.74, 6) is 4.44. The molecule has 0 aromatic heterocycles. The second-order valence-electron chi connectivity index (χ2n) is 10.1. The van der Waals surface area contributed by atoms with Crippen LogP contribution in [0.1, 0.15) is 145 Å². The van der Waals surface area contributed by atoms with Crippen LogP contribution < -0.4 is 0 Å². The van der Waals surface area contributed by atoms with E-state index < -0.39 is 0 Å². The van der Waals surface area contributed by atoms with Crippen LogP contribution in [0.2, 0.25) is 0 Å². The number of hydrogen-bond donors (Lipinski definition) is 0. The van der Waals surface area contributed by atoms with E-state index in [1.165, 1.54) is 126 Å². The van der Waals surface area contributed by atoms with Gasteiger partial charge in [-0.2, -0.15) is 0 Å². The zero-order valence-electron chi connectivity index (χ0n) is 21.3. The highest BCUT2D eigenvalue weighted by atomic mass is 32.2. The lowest BCUT2D eigenvalue weighted by molar-refractivity contribution is 0.102. The Kier molecular flexibility index (Phi) is 15.2. The monoisotopic (exact) mass is 459 g/mol. The summed E-state index contributed by atoms with van der Waals surface area (Å²) in [6, 6.07) is 8.76. The summed E-state index contributed by atoms with van der Waals surface area (Å²) in [5, 5.41) is 0. The van der Waals surface area contributed by atoms with Gasteiger partial charge in [-0.15, -0.1) is 0 Å². The van der Waals surface area contributed by atoms with Crippen molar-refractivity contribution in [3.05, 3.63) is 35.4 Å². The first-order chi connectivity index (χ1) is 15.7. The van der Waals surface area contributed by atoms with E-state index in [4.69, 9.17) is 0 Å². The maximum atomic E-state index is 13.1. The molecule has 2 rings (SSSR count). The van der Waals surface area contributed by atoms with Crippen molar-refractivity contribution < 1.29 is 4.79 Å². The maximum Gasteiger partial charge on any atom is 0.211 e. The molecule has 0 aliphatic heterocycles. The minimum atomic E-state index is 0.271. The van der Waals surface area contributed by atoms with Gasteiger partial charge in [-0.3, -0.25) is 4.79 Å². The predicted octanol–water partition coefficient (Wildman–Crippen LogP) is 9.26. The minimum Gasteiger partial charge on any atom is -0.289 e. The lowest BCUT2D eigenvalue weighted by Crippen LogP contribution is -2.23. The first-order valence-electron chi connectivity index (χ1n) is 14.0. The summed E-state index contributed by atoms with van der Waals surface area (Å²) in [7, 11) is 0.271. The van der Waals surface area contributed by atoms with Gasteiger partial charge in [0.2, 0.25) is 5.78 Å². The van der Waals surface area contributed by atoms with Crippen LogP contribution in [0, 0.1) is 0 Å². The van der Waals surface area contributed by atoms with Crippen molar-refractivity contribution in [3.63, 3.8) is 0 Å². The summed E-state index contributed by atoms with van der Waals surface area (Å²) in [5.41, 5.74) is 2.41. The molecule has 32 heavy (non-hydrogen) atoms. The molecular formula is C30H51OS+. The molecule has 182 valence electrons. The molecule has 1 aromatic rings. The van der Waals surface area contributed by atoms with Gasteiger partial charge >= 0.3 is 0 Å². The fourth-order valence-corrected chi connectivity index (χ4v) is 7.32. The third-order valence-electron chi connectivity index (χ3n) is 7.22. The van der Waals surface area contributed by atoms with Crippen LogP contribution in [0.3, 0.4) is 0 Å². The van der Waals surface area contributed by atoms with Crippen LogP contribution in [0.4, 0.5) is 0 Å². The topological polar surface area (TPSA) is 17.1 Å². The number of benzene rings is 1. The number of hydrogen-bond acceptors (Lipinski definition) is 1. The molecule has 0 heterocycles. The Hall–Kier alpha value is -0.760. The lowest BCUT2D eigenvalue weighted by atomic mass is 9.84. The molecule has 0 spiro atoms. The quantitative estimate of drug-likeness (QED) is 0.121. The number of carbonyl (C=O) groups is 1. The number of unbranched alkanes of at least 4 members (excludes halogenated alkanes) is 10. The maximum absolute atomic E-state index is 13.1. The average Bonchev–Trinajstić information content (AvgIpc) is 2.83. The molecule has 0 atom stereocenters. The van der Waals surface area contributed by atoms with Gasteiger partial charge in [0.1, 0.15) is 11.5 Å². The highest BCUT2D eigenvalue weighted by Crippen LogP contribution is 2.32. The van der Waals surface area contributed by atoms with Crippen molar-refractivity contribution in [2.45, 2.75) is 129 Å². The van der Waals surface area contributed by atoms with Gasteiger partial charge in [0.05, 0.1) is 0 Å². The molecule has 1 aromatic carbocycles. The van der Waals surface area contributed by atoms with Crippen molar-refractivity contribution in [3.8, 4) is 0 Å². The SMILES string of the molecule is CCCCCCCC[S+](CCCCCCCC)CC(=O)c1ccc(C2CCCCC2)cc1. The van der Waals surface area contributed by atoms with E-state index in [1.807, 2.05) is 0 Å². The molecule has 0 amide bonds. The highest BCUT2D eigenvalue weighted by Gasteiger charge is 2.23.